The summed E-state index contributed by atoms with van der Waals surface area (Å²) in [7, 11) is -0.524. The first kappa shape index (κ1) is 15.8. The molecular formula is C14H21BN2O4. The van der Waals surface area contributed by atoms with E-state index < -0.39 is 24.4 Å². The van der Waals surface area contributed by atoms with Crippen molar-refractivity contribution in [3.8, 4) is 0 Å². The van der Waals surface area contributed by atoms with E-state index in [0.717, 1.165) is 5.46 Å². The summed E-state index contributed by atoms with van der Waals surface area (Å²) in [4.78, 5) is 16.5. The van der Waals surface area contributed by atoms with Crippen molar-refractivity contribution in [3.63, 3.8) is 0 Å². The van der Waals surface area contributed by atoms with Gasteiger partial charge in [0.25, 0.3) is 0 Å². The molecule has 21 heavy (non-hydrogen) atoms. The fraction of sp³-hybridized carbons (Fsp3) is 0.571. The first-order chi connectivity index (χ1) is 9.68. The number of nitrogens with zero attached hydrogens (tertiary/aromatic N) is 2. The van der Waals surface area contributed by atoms with Gasteiger partial charge >= 0.3 is 13.2 Å². The van der Waals surface area contributed by atoms with Gasteiger partial charge in [-0.3, -0.25) is 4.90 Å². The molecule has 1 aromatic rings. The maximum absolute atomic E-state index is 11.2. The minimum Gasteiger partial charge on any atom is -0.465 e. The highest BCUT2D eigenvalue weighted by atomic mass is 16.7. The van der Waals surface area contributed by atoms with Gasteiger partial charge in [-0.2, -0.15) is 0 Å². The molecular weight excluding hydrogens is 271 g/mol. The van der Waals surface area contributed by atoms with Crippen LogP contribution in [0.15, 0.2) is 18.3 Å². The number of rotatable bonds is 3. The van der Waals surface area contributed by atoms with E-state index in [1.54, 1.807) is 25.3 Å². The highest BCUT2D eigenvalue weighted by molar-refractivity contribution is 6.62. The summed E-state index contributed by atoms with van der Waals surface area (Å²) in [5.41, 5.74) is -0.102. The van der Waals surface area contributed by atoms with Crippen LogP contribution >= 0.6 is 0 Å². The third kappa shape index (κ3) is 2.89. The van der Waals surface area contributed by atoms with Gasteiger partial charge in [-0.25, -0.2) is 9.78 Å². The lowest BCUT2D eigenvalue weighted by Gasteiger charge is -2.32. The Morgan fingerprint density at radius 2 is 1.90 bits per heavy atom. The van der Waals surface area contributed by atoms with Gasteiger partial charge in [0.05, 0.1) is 11.2 Å². The van der Waals surface area contributed by atoms with E-state index in [4.69, 9.17) is 9.31 Å². The first-order valence-corrected chi connectivity index (χ1v) is 7.00. The summed E-state index contributed by atoms with van der Waals surface area (Å²) in [6.07, 6.45) is 0.539. The van der Waals surface area contributed by atoms with Crippen LogP contribution in [-0.2, 0) is 9.31 Å². The minimum absolute atomic E-state index is 0.329. The molecule has 0 aromatic carbocycles. The Balaban J connectivity index is 2.29. The standard InChI is InChI=1S/C14H21BN2O4/c1-6-17(12(18)19)11-9-10(7-8-16-11)15-20-13(2,3)14(4,5)21-15/h7-9H,6H2,1-5H3,(H,18,19). The lowest BCUT2D eigenvalue weighted by molar-refractivity contribution is 0.00578. The van der Waals surface area contributed by atoms with Gasteiger partial charge < -0.3 is 14.4 Å². The quantitative estimate of drug-likeness (QED) is 0.861. The zero-order valence-electron chi connectivity index (χ0n) is 13.1. The SMILES string of the molecule is CCN(C(=O)O)c1cc(B2OC(C)(C)C(C)(C)O2)ccn1. The van der Waals surface area contributed by atoms with E-state index in [0.29, 0.717) is 12.4 Å². The summed E-state index contributed by atoms with van der Waals surface area (Å²) < 4.78 is 11.9. The molecule has 2 rings (SSSR count). The van der Waals surface area contributed by atoms with Crippen LogP contribution in [0.4, 0.5) is 10.6 Å². The third-order valence-corrected chi connectivity index (χ3v) is 4.12. The number of aromatic nitrogens is 1. The second-order valence-corrected chi connectivity index (χ2v) is 6.06. The molecule has 1 aliphatic heterocycles. The van der Waals surface area contributed by atoms with Gasteiger partial charge in [-0.05, 0) is 52.2 Å². The van der Waals surface area contributed by atoms with E-state index in [1.807, 2.05) is 27.7 Å². The highest BCUT2D eigenvalue weighted by Gasteiger charge is 2.51. The Bertz CT molecular complexity index is 532. The smallest absolute Gasteiger partial charge is 0.465 e. The molecule has 1 saturated heterocycles. The summed E-state index contributed by atoms with van der Waals surface area (Å²) in [5, 5.41) is 9.17. The van der Waals surface area contributed by atoms with Crippen LogP contribution in [0.25, 0.3) is 0 Å². The second kappa shape index (κ2) is 5.31. The zero-order chi connectivity index (χ0) is 15.8. The van der Waals surface area contributed by atoms with Gasteiger partial charge in [0.2, 0.25) is 0 Å². The molecule has 1 N–H and O–H groups in total. The molecule has 1 amide bonds. The number of carbonyl (C=O) groups is 1. The topological polar surface area (TPSA) is 71.9 Å². The van der Waals surface area contributed by atoms with E-state index in [1.165, 1.54) is 4.90 Å². The number of carboxylic acid groups (broad SMARTS) is 1. The van der Waals surface area contributed by atoms with E-state index in [-0.39, 0.29) is 0 Å². The van der Waals surface area contributed by atoms with Crippen molar-refractivity contribution in [2.45, 2.75) is 45.8 Å². The van der Waals surface area contributed by atoms with Crippen molar-refractivity contribution in [2.75, 3.05) is 11.4 Å². The Hall–Kier alpha value is -1.60. The fourth-order valence-electron chi connectivity index (χ4n) is 2.10. The number of pyridine rings is 1. The Labute approximate surface area is 125 Å². The molecule has 1 aromatic heterocycles. The van der Waals surface area contributed by atoms with Crippen LogP contribution in [0.5, 0.6) is 0 Å². The maximum Gasteiger partial charge on any atom is 0.495 e. The lowest BCUT2D eigenvalue weighted by atomic mass is 9.79. The second-order valence-electron chi connectivity index (χ2n) is 6.06. The van der Waals surface area contributed by atoms with Crippen LogP contribution in [0.3, 0.4) is 0 Å². The Morgan fingerprint density at radius 3 is 2.38 bits per heavy atom. The van der Waals surface area contributed by atoms with Gasteiger partial charge in [-0.15, -0.1) is 0 Å². The summed E-state index contributed by atoms with van der Waals surface area (Å²) in [6.45, 7) is 10.00. The van der Waals surface area contributed by atoms with Crippen LogP contribution in [0.2, 0.25) is 0 Å². The molecule has 0 aliphatic carbocycles. The summed E-state index contributed by atoms with van der Waals surface area (Å²) >= 11 is 0. The zero-order valence-corrected chi connectivity index (χ0v) is 13.1. The van der Waals surface area contributed by atoms with Gasteiger partial charge in [0.15, 0.2) is 0 Å². The predicted octanol–water partition coefficient (Wildman–Crippen LogP) is 1.89. The average Bonchev–Trinajstić information content (AvgIpc) is 2.59. The van der Waals surface area contributed by atoms with Gasteiger partial charge in [-0.1, -0.05) is 0 Å². The molecule has 0 saturated carbocycles. The van der Waals surface area contributed by atoms with Crippen LogP contribution in [0, 0.1) is 0 Å². The van der Waals surface area contributed by atoms with Crippen molar-refractivity contribution >= 4 is 24.5 Å². The lowest BCUT2D eigenvalue weighted by Crippen LogP contribution is -2.41. The van der Waals surface area contributed by atoms with E-state index in [2.05, 4.69) is 4.98 Å². The monoisotopic (exact) mass is 292 g/mol. The van der Waals surface area contributed by atoms with Crippen molar-refractivity contribution in [1.82, 2.24) is 4.98 Å². The molecule has 1 aliphatic rings. The average molecular weight is 292 g/mol. The van der Waals surface area contributed by atoms with Crippen molar-refractivity contribution in [1.29, 1.82) is 0 Å². The molecule has 0 spiro atoms. The third-order valence-electron chi connectivity index (χ3n) is 4.12. The number of hydrogen-bond donors (Lipinski definition) is 1. The van der Waals surface area contributed by atoms with Crippen molar-refractivity contribution in [3.05, 3.63) is 18.3 Å². The summed E-state index contributed by atoms with van der Waals surface area (Å²) in [5.74, 6) is 0.372. The first-order valence-electron chi connectivity index (χ1n) is 7.00. The van der Waals surface area contributed by atoms with Crippen molar-refractivity contribution < 1.29 is 19.2 Å². The Morgan fingerprint density at radius 1 is 1.33 bits per heavy atom. The van der Waals surface area contributed by atoms with Gasteiger partial charge in [0, 0.05) is 12.7 Å². The molecule has 0 atom stereocenters. The van der Waals surface area contributed by atoms with Crippen LogP contribution < -0.4 is 10.4 Å². The van der Waals surface area contributed by atoms with E-state index >= 15 is 0 Å². The molecule has 0 radical (unpaired) electrons. The predicted molar refractivity (Wildman–Crippen MR) is 81.0 cm³/mol. The minimum atomic E-state index is -1.03. The molecule has 0 bridgehead atoms. The Kier molecular flexibility index (Phi) is 3.99. The number of amides is 1. The maximum atomic E-state index is 11.2. The normalized spacial score (nSPS) is 19.6. The highest BCUT2D eigenvalue weighted by Crippen LogP contribution is 2.36. The largest absolute Gasteiger partial charge is 0.495 e. The van der Waals surface area contributed by atoms with Crippen LogP contribution in [0.1, 0.15) is 34.6 Å². The van der Waals surface area contributed by atoms with Crippen LogP contribution in [-0.4, -0.2) is 41.0 Å². The van der Waals surface area contributed by atoms with Gasteiger partial charge in [0.1, 0.15) is 5.82 Å². The molecule has 6 nitrogen and oxygen atoms in total. The van der Waals surface area contributed by atoms with E-state index in [9.17, 15) is 9.90 Å². The molecule has 114 valence electrons. The molecule has 2 heterocycles. The molecule has 1 fully saturated rings. The summed E-state index contributed by atoms with van der Waals surface area (Å²) in [6, 6.07) is 3.47. The fourth-order valence-corrected chi connectivity index (χ4v) is 2.10. The van der Waals surface area contributed by atoms with Crippen molar-refractivity contribution in [2.24, 2.45) is 0 Å². The number of hydrogen-bond acceptors (Lipinski definition) is 4. The molecule has 0 unspecified atom stereocenters. The number of anilines is 1. The molecule has 7 heteroatoms.